The summed E-state index contributed by atoms with van der Waals surface area (Å²) in [5, 5.41) is 7.23. The molecule has 2 saturated heterocycles. The van der Waals surface area contributed by atoms with Gasteiger partial charge in [-0.3, -0.25) is 9.69 Å². The van der Waals surface area contributed by atoms with Gasteiger partial charge in [0, 0.05) is 30.0 Å². The largest absolute Gasteiger partial charge is 0.326 e. The van der Waals surface area contributed by atoms with E-state index in [-0.39, 0.29) is 23.6 Å². The van der Waals surface area contributed by atoms with Crippen LogP contribution < -0.4 is 5.32 Å². The molecule has 27 heavy (non-hydrogen) atoms. The molecule has 1 N–H and O–H groups in total. The highest BCUT2D eigenvalue weighted by Gasteiger charge is 2.35. The van der Waals surface area contributed by atoms with E-state index in [0.717, 1.165) is 43.7 Å². The molecule has 4 rings (SSSR count). The first kappa shape index (κ1) is 18.2. The molecule has 2 aliphatic rings. The van der Waals surface area contributed by atoms with Crippen LogP contribution in [-0.4, -0.2) is 59.6 Å². The first-order chi connectivity index (χ1) is 13.0. The molecule has 7 nitrogen and oxygen atoms in total. The van der Waals surface area contributed by atoms with Gasteiger partial charge in [0.25, 0.3) is 0 Å². The molecule has 1 aromatic heterocycles. The molecule has 2 aliphatic heterocycles. The third-order valence-electron chi connectivity index (χ3n) is 5.51. The summed E-state index contributed by atoms with van der Waals surface area (Å²) in [4.78, 5) is 14.9. The Morgan fingerprint density at radius 1 is 1.15 bits per heavy atom. The van der Waals surface area contributed by atoms with Gasteiger partial charge in [0.05, 0.1) is 17.2 Å². The summed E-state index contributed by atoms with van der Waals surface area (Å²) in [7, 11) is -2.87. The van der Waals surface area contributed by atoms with Crippen LogP contribution in [0.5, 0.6) is 0 Å². The summed E-state index contributed by atoms with van der Waals surface area (Å²) in [6.45, 7) is 1.57. The Labute approximate surface area is 159 Å². The number of anilines is 1. The van der Waals surface area contributed by atoms with E-state index in [1.807, 2.05) is 36.5 Å². The molecule has 2 aromatic rings. The van der Waals surface area contributed by atoms with E-state index in [2.05, 4.69) is 15.3 Å². The van der Waals surface area contributed by atoms with Crippen LogP contribution in [0.1, 0.15) is 19.3 Å². The molecule has 0 radical (unpaired) electrons. The van der Waals surface area contributed by atoms with E-state index in [9.17, 15) is 13.2 Å². The molecule has 3 heterocycles. The lowest BCUT2D eigenvalue weighted by Gasteiger charge is -2.34. The number of hydrogen-bond acceptors (Lipinski definition) is 5. The molecule has 0 saturated carbocycles. The number of carbonyl (C=O) groups excluding carboxylic acids is 1. The van der Waals surface area contributed by atoms with Crippen molar-refractivity contribution in [1.29, 1.82) is 0 Å². The number of rotatable bonds is 4. The minimum Gasteiger partial charge on any atom is -0.326 e. The summed E-state index contributed by atoms with van der Waals surface area (Å²) in [6.07, 6.45) is 5.83. The lowest BCUT2D eigenvalue weighted by Crippen LogP contribution is -2.44. The third-order valence-corrected chi connectivity index (χ3v) is 7.26. The van der Waals surface area contributed by atoms with Crippen LogP contribution in [0, 0.1) is 5.92 Å². The molecule has 1 amide bonds. The van der Waals surface area contributed by atoms with E-state index < -0.39 is 9.84 Å². The Bertz CT molecular complexity index is 903. The monoisotopic (exact) mass is 388 g/mol. The van der Waals surface area contributed by atoms with Crippen molar-refractivity contribution in [2.24, 2.45) is 5.92 Å². The smallest absolute Gasteiger partial charge is 0.227 e. The average molecular weight is 388 g/mol. The zero-order valence-electron chi connectivity index (χ0n) is 15.1. The Kier molecular flexibility index (Phi) is 5.01. The van der Waals surface area contributed by atoms with Crippen LogP contribution in [0.15, 0.2) is 42.7 Å². The summed E-state index contributed by atoms with van der Waals surface area (Å²) in [5.74, 6) is 0.563. The van der Waals surface area contributed by atoms with Gasteiger partial charge in [0.1, 0.15) is 0 Å². The fourth-order valence-corrected chi connectivity index (χ4v) is 5.74. The van der Waals surface area contributed by atoms with Gasteiger partial charge in [0.15, 0.2) is 9.84 Å². The number of aromatic nitrogens is 2. The van der Waals surface area contributed by atoms with Crippen LogP contribution in [-0.2, 0) is 14.6 Å². The highest BCUT2D eigenvalue weighted by atomic mass is 32.2. The van der Waals surface area contributed by atoms with Gasteiger partial charge in [-0.05, 0) is 56.6 Å². The maximum absolute atomic E-state index is 12.6. The van der Waals surface area contributed by atoms with Gasteiger partial charge in [0.2, 0.25) is 5.91 Å². The lowest BCUT2D eigenvalue weighted by molar-refractivity contribution is -0.121. The van der Waals surface area contributed by atoms with Crippen LogP contribution in [0.3, 0.4) is 0 Å². The van der Waals surface area contributed by atoms with Crippen molar-refractivity contribution in [3.63, 3.8) is 0 Å². The highest BCUT2D eigenvalue weighted by Crippen LogP contribution is 2.25. The van der Waals surface area contributed by atoms with Crippen LogP contribution in [0.4, 0.5) is 5.69 Å². The van der Waals surface area contributed by atoms with Gasteiger partial charge < -0.3 is 5.32 Å². The van der Waals surface area contributed by atoms with Crippen molar-refractivity contribution in [2.45, 2.75) is 25.3 Å². The zero-order chi connectivity index (χ0) is 18.9. The SMILES string of the molecule is O=C(Nc1cccc(-n2cccn2)c1)C1CCN(C2CCS(=O)(=O)C2)CC1. The van der Waals surface area contributed by atoms with Crippen molar-refractivity contribution in [1.82, 2.24) is 14.7 Å². The van der Waals surface area contributed by atoms with Gasteiger partial charge in [-0.2, -0.15) is 5.10 Å². The zero-order valence-corrected chi connectivity index (χ0v) is 15.9. The number of amides is 1. The summed E-state index contributed by atoms with van der Waals surface area (Å²) < 4.78 is 25.1. The molecule has 0 aliphatic carbocycles. The van der Waals surface area contributed by atoms with E-state index >= 15 is 0 Å². The van der Waals surface area contributed by atoms with Gasteiger partial charge in [-0.15, -0.1) is 0 Å². The Hall–Kier alpha value is -2.19. The lowest BCUT2D eigenvalue weighted by atomic mass is 9.94. The number of piperidine rings is 1. The molecule has 2 fully saturated rings. The Morgan fingerprint density at radius 3 is 2.63 bits per heavy atom. The fourth-order valence-electron chi connectivity index (χ4n) is 3.98. The molecule has 144 valence electrons. The average Bonchev–Trinajstić information content (AvgIpc) is 3.32. The van der Waals surface area contributed by atoms with Crippen molar-refractivity contribution < 1.29 is 13.2 Å². The van der Waals surface area contributed by atoms with E-state index in [4.69, 9.17) is 0 Å². The number of carbonyl (C=O) groups is 1. The number of nitrogens with one attached hydrogen (secondary N) is 1. The predicted octanol–water partition coefficient (Wildman–Crippen LogP) is 1.71. The predicted molar refractivity (Wildman–Crippen MR) is 104 cm³/mol. The third kappa shape index (κ3) is 4.22. The summed E-state index contributed by atoms with van der Waals surface area (Å²) in [6, 6.07) is 9.61. The van der Waals surface area contributed by atoms with Gasteiger partial charge >= 0.3 is 0 Å². The molecule has 0 spiro atoms. The number of likely N-dealkylation sites (tertiary alicyclic amines) is 1. The van der Waals surface area contributed by atoms with E-state index in [0.29, 0.717) is 5.75 Å². The number of nitrogens with zero attached hydrogens (tertiary/aromatic N) is 3. The number of sulfone groups is 1. The standard InChI is InChI=1S/C19H24N4O3S/c24-19(21-16-3-1-4-17(13-16)23-9-2-8-20-23)15-5-10-22(11-6-15)18-7-12-27(25,26)14-18/h1-4,8-9,13,15,18H,5-7,10-12,14H2,(H,21,24). The van der Waals surface area contributed by atoms with Crippen molar-refractivity contribution in [3.8, 4) is 5.69 Å². The second-order valence-electron chi connectivity index (χ2n) is 7.36. The second-order valence-corrected chi connectivity index (χ2v) is 9.59. The van der Waals surface area contributed by atoms with Crippen LogP contribution in [0.2, 0.25) is 0 Å². The minimum atomic E-state index is -2.87. The quantitative estimate of drug-likeness (QED) is 0.862. The Balaban J connectivity index is 1.33. The topological polar surface area (TPSA) is 84.3 Å². The van der Waals surface area contributed by atoms with E-state index in [1.54, 1.807) is 10.9 Å². The van der Waals surface area contributed by atoms with Crippen molar-refractivity contribution >= 4 is 21.4 Å². The Morgan fingerprint density at radius 2 is 1.96 bits per heavy atom. The molecule has 1 aromatic carbocycles. The van der Waals surface area contributed by atoms with E-state index in [1.165, 1.54) is 0 Å². The molecular formula is C19H24N4O3S. The molecule has 8 heteroatoms. The highest BCUT2D eigenvalue weighted by molar-refractivity contribution is 7.91. The second kappa shape index (κ2) is 7.44. The molecule has 1 atom stereocenters. The van der Waals surface area contributed by atoms with Crippen molar-refractivity contribution in [2.75, 3.05) is 29.9 Å². The first-order valence-electron chi connectivity index (χ1n) is 9.36. The maximum Gasteiger partial charge on any atom is 0.227 e. The number of hydrogen-bond donors (Lipinski definition) is 1. The van der Waals surface area contributed by atoms with Crippen molar-refractivity contribution in [3.05, 3.63) is 42.7 Å². The van der Waals surface area contributed by atoms with Crippen LogP contribution in [0.25, 0.3) is 5.69 Å². The fraction of sp³-hybridized carbons (Fsp3) is 0.474. The molecule has 0 bridgehead atoms. The van der Waals surface area contributed by atoms with Crippen LogP contribution >= 0.6 is 0 Å². The van der Waals surface area contributed by atoms with Gasteiger partial charge in [-0.25, -0.2) is 13.1 Å². The normalized spacial score (nSPS) is 23.3. The summed E-state index contributed by atoms with van der Waals surface area (Å²) >= 11 is 0. The minimum absolute atomic E-state index is 0.0336. The maximum atomic E-state index is 12.6. The van der Waals surface area contributed by atoms with Gasteiger partial charge in [-0.1, -0.05) is 6.07 Å². The molecular weight excluding hydrogens is 364 g/mol. The number of benzene rings is 1. The molecule has 1 unspecified atom stereocenters. The first-order valence-corrected chi connectivity index (χ1v) is 11.2. The summed E-state index contributed by atoms with van der Waals surface area (Å²) in [5.41, 5.74) is 1.66.